The summed E-state index contributed by atoms with van der Waals surface area (Å²) in [6, 6.07) is 6.06. The zero-order chi connectivity index (χ0) is 89.5. The maximum atomic E-state index is 14.5. The van der Waals surface area contributed by atoms with E-state index in [1.54, 1.807) is 27.7 Å². The van der Waals surface area contributed by atoms with E-state index in [1.807, 2.05) is 19.9 Å². The van der Waals surface area contributed by atoms with Gasteiger partial charge in [-0.25, -0.2) is 76.7 Å². The van der Waals surface area contributed by atoms with Crippen molar-refractivity contribution in [3.05, 3.63) is 178 Å². The highest BCUT2D eigenvalue weighted by Crippen LogP contribution is 2.59. The number of ether oxygens (including phenoxy) is 7. The van der Waals surface area contributed by atoms with Gasteiger partial charge in [0.05, 0.1) is 95.7 Å². The Morgan fingerprint density at radius 2 is 0.655 bits per heavy atom. The zero-order valence-electron chi connectivity index (χ0n) is 64.8. The molecule has 33 nitrogen and oxygen atoms in total. The van der Waals surface area contributed by atoms with Crippen molar-refractivity contribution in [1.82, 2.24) is 57.3 Å². The molecule has 0 aliphatic carbocycles. The van der Waals surface area contributed by atoms with Crippen LogP contribution < -0.4 is 66.7 Å². The summed E-state index contributed by atoms with van der Waals surface area (Å²) in [6.07, 6.45) is -3.01. The molecule has 0 spiro atoms. The molecule has 0 unspecified atom stereocenters. The van der Waals surface area contributed by atoms with E-state index in [9.17, 15) is 116 Å². The monoisotopic (exact) mass is 1800 g/mol. The first-order chi connectivity index (χ1) is 55.3. The molecule has 16 atom stereocenters. The summed E-state index contributed by atoms with van der Waals surface area (Å²) < 4.78 is 214. The molecule has 6 aromatic heterocycles. The number of aromatic nitrogens is 12. The molecule has 7 aliphatic heterocycles. The Bertz CT molecular complexity index is 4780. The highest BCUT2D eigenvalue weighted by Gasteiger charge is 2.70. The van der Waals surface area contributed by atoms with Gasteiger partial charge in [-0.2, -0.15) is 9.97 Å². The van der Waals surface area contributed by atoms with E-state index in [-0.39, 0.29) is 42.0 Å². The van der Waals surface area contributed by atoms with Gasteiger partial charge in [-0.05, 0) is 31.7 Å². The third-order valence-corrected chi connectivity index (χ3v) is 25.2. The van der Waals surface area contributed by atoms with Gasteiger partial charge in [0.1, 0.15) is 29.2 Å². The number of H-pyrrole nitrogens is 4. The first-order valence-corrected chi connectivity index (χ1v) is 38.7. The van der Waals surface area contributed by atoms with Crippen molar-refractivity contribution in [3.63, 3.8) is 0 Å². The average molecular weight is 1800 g/mol. The number of rotatable bonds is 16. The minimum Gasteiger partial charge on any atom is -0.461 e. The molecule has 0 amide bonds. The van der Waals surface area contributed by atoms with E-state index >= 15 is 0 Å². The molecule has 7 aliphatic rings. The molecule has 664 valence electrons. The minimum absolute atomic E-state index is 0.0280. The first-order valence-electron chi connectivity index (χ1n) is 36.5. The topological polar surface area (TPSA) is 441 Å². The second-order valence-electron chi connectivity index (χ2n) is 29.4. The molecule has 9 N–H and O–H groups in total. The van der Waals surface area contributed by atoms with Crippen LogP contribution in [0.3, 0.4) is 0 Å². The van der Waals surface area contributed by atoms with Crippen molar-refractivity contribution in [3.8, 4) is 6.01 Å². The number of alkyl halides is 16. The standard InChI is InChI=1S/C13H18F2N2O3.C12H16ClF2N3O2.C12H15ClF2N2O3.C11H13ClF2N2O4.C11H11ClF2N2O3.C11H14F2N2O5/c1-4-12(5-2)8(3)13(14,15)10(20-12)17-7-6-9(18)16-11(17)19;1-3-11(6-13)7(2)12(14,15)9(20-11)18-5-4-8(16)17-10(18)19;1-3-11(6-13)7(2)12(14,15)9(20-11)17-5-4-8(18)16-10(17)19;1-6-10(4-12,5-17)20-8(11(6,13)14)16-3-2-7(18)15-9(16)19;1-6-10(4-12)5-18-9-15-7(17)2-3-16(9)8(19-10)11(6,13)14;1-6-10(4-16,5-17)20-8(11(6,12)13)15-3-2-7(18)14-9(15)19/h6-8,10H,4-5H2,1-3H3,(H,16,18,19);4-5,7,9H,3,6H2,1-2H3,(H2,16,17,19);4-5,7,9H,3,6H2,1-2H3,(H,16,18,19);2-3,6,8,17H,4-5H2,1H3,(H,15,18,19);2-3,6,8H,4-5H2,1H3;2-3,6,8,16-17H,4-5H2,1H3,(H,14,18,19)/t8-,10-;2*7-,9-,11+;2*6-,8-,10-;6-,8-/m111111/s1. The predicted octanol–water partition coefficient (Wildman–Crippen LogP) is 6.41. The second kappa shape index (κ2) is 35.8. The SMILES string of the molecule is CCC1(CC)O[C@@H](n2ccc(=O)[nH]c2=O)C(F)(F)[C@@H]1C.CC[C@@]1(CCl)O[C@@H](n2ccc(=O)[nH]c2=O)C(F)(F)[C@@H]1C.CC[C@@]1(CCl)O[C@@H](n2ccc(N)nc2=O)C(F)(F)[C@@H]1C.C[C@@H]1C(CO)(CO)O[C@@H](n2ccc(=O)[nH]c2=O)C1(F)F.C[C@H]1C(F)(F)[C@H](n2ccc(=O)[nH]c2=O)O[C@@]1(CO)CCl.C[C@H]1C(F)(F)[C@H]2O[C@]1(CCl)COc1nc(=O)ccn12. The van der Waals surface area contributed by atoms with Crippen LogP contribution in [0, 0.1) is 35.5 Å². The number of halogens is 16. The third kappa shape index (κ3) is 17.5. The summed E-state index contributed by atoms with van der Waals surface area (Å²) in [5.74, 6) is -27.7. The Kier molecular flexibility index (Phi) is 29.1. The average Bonchev–Trinajstić information content (AvgIpc) is 1.57. The van der Waals surface area contributed by atoms with Crippen LogP contribution in [0.25, 0.3) is 0 Å². The van der Waals surface area contributed by atoms with E-state index in [0.717, 1.165) is 81.9 Å². The van der Waals surface area contributed by atoms with E-state index in [1.165, 1.54) is 46.9 Å². The smallest absolute Gasteiger partial charge is 0.351 e. The van der Waals surface area contributed by atoms with Crippen LogP contribution in [0.4, 0.5) is 58.5 Å². The lowest BCUT2D eigenvalue weighted by Crippen LogP contribution is -2.46. The van der Waals surface area contributed by atoms with Crippen LogP contribution in [0.5, 0.6) is 6.01 Å². The van der Waals surface area contributed by atoms with Crippen molar-refractivity contribution in [1.29, 1.82) is 0 Å². The second-order valence-corrected chi connectivity index (χ2v) is 30.4. The Morgan fingerprint density at radius 1 is 0.378 bits per heavy atom. The van der Waals surface area contributed by atoms with Crippen LogP contribution in [0.15, 0.2) is 122 Å². The van der Waals surface area contributed by atoms with Crippen molar-refractivity contribution in [2.45, 2.75) is 201 Å². The van der Waals surface area contributed by atoms with Gasteiger partial charge in [0.25, 0.3) is 63.3 Å². The highest BCUT2D eigenvalue weighted by atomic mass is 35.5. The van der Waals surface area contributed by atoms with Crippen LogP contribution in [0.1, 0.15) is 132 Å². The van der Waals surface area contributed by atoms with Crippen molar-refractivity contribution >= 4 is 52.2 Å². The van der Waals surface area contributed by atoms with Gasteiger partial charge < -0.3 is 54.2 Å². The lowest BCUT2D eigenvalue weighted by molar-refractivity contribution is -0.154. The van der Waals surface area contributed by atoms with Crippen molar-refractivity contribution < 1.29 is 101 Å². The number of aliphatic hydroxyl groups is 3. The molecule has 0 aromatic carbocycles. The Morgan fingerprint density at radius 3 is 0.941 bits per heavy atom. The number of fused-ring (bicyclic) bond motifs is 4. The fourth-order valence-corrected chi connectivity index (χ4v) is 16.3. The van der Waals surface area contributed by atoms with E-state index < -0.39 is 218 Å². The summed E-state index contributed by atoms with van der Waals surface area (Å²) in [4.78, 5) is 128. The molecule has 0 radical (unpaired) electrons. The van der Waals surface area contributed by atoms with Gasteiger partial charge in [-0.1, -0.05) is 69.2 Å². The summed E-state index contributed by atoms with van der Waals surface area (Å²) in [6.45, 7) is 12.3. The lowest BCUT2D eigenvalue weighted by Gasteiger charge is -2.30. The minimum atomic E-state index is -3.51. The maximum Gasteiger partial charge on any atom is 0.351 e. The molecule has 13 heterocycles. The van der Waals surface area contributed by atoms with Crippen LogP contribution in [-0.4, -0.2) is 192 Å². The summed E-state index contributed by atoms with van der Waals surface area (Å²) in [5.41, 5.74) is -10.8. The van der Waals surface area contributed by atoms with Gasteiger partial charge in [-0.3, -0.25) is 71.3 Å². The molecule has 2 bridgehead atoms. The van der Waals surface area contributed by atoms with E-state index in [0.29, 0.717) is 39.4 Å². The number of nitrogens with one attached hydrogen (secondary N) is 4. The Balaban J connectivity index is 0.000000178. The highest BCUT2D eigenvalue weighted by molar-refractivity contribution is 6.19. The van der Waals surface area contributed by atoms with Gasteiger partial charge >= 0.3 is 34.5 Å². The van der Waals surface area contributed by atoms with Crippen LogP contribution in [-0.2, 0) is 28.4 Å². The van der Waals surface area contributed by atoms with Crippen molar-refractivity contribution in [2.24, 2.45) is 35.5 Å². The molecular formula is C70H87Cl4F12N13O20. The van der Waals surface area contributed by atoms with Gasteiger partial charge in [-0.15, -0.1) is 46.4 Å². The molecular weight excluding hydrogens is 1710 g/mol. The van der Waals surface area contributed by atoms with Crippen molar-refractivity contribution in [2.75, 3.05) is 55.7 Å². The molecule has 13 rings (SSSR count). The van der Waals surface area contributed by atoms with Gasteiger partial charge in [0.15, 0.2) is 0 Å². The Labute approximate surface area is 684 Å². The number of nitrogen functional groups attached to an aromatic ring is 1. The molecule has 6 saturated heterocycles. The molecule has 6 aromatic rings. The van der Waals surface area contributed by atoms with E-state index in [4.69, 9.17) is 85.3 Å². The Hall–Kier alpha value is -7.96. The number of nitrogens with zero attached hydrogens (tertiary/aromatic N) is 8. The normalized spacial score (nSPS) is 31.3. The summed E-state index contributed by atoms with van der Waals surface area (Å²) >= 11 is 23.1. The number of anilines is 1. The molecule has 119 heavy (non-hydrogen) atoms. The number of aliphatic hydroxyl groups excluding tert-OH is 3. The number of hydrogen-bond acceptors (Lipinski definition) is 23. The zero-order valence-corrected chi connectivity index (χ0v) is 67.8. The van der Waals surface area contributed by atoms with Crippen LogP contribution in [0.2, 0.25) is 0 Å². The number of nitrogens with two attached hydrogens (primary N) is 1. The largest absolute Gasteiger partial charge is 0.461 e. The van der Waals surface area contributed by atoms with E-state index in [2.05, 4.69) is 9.97 Å². The first kappa shape index (κ1) is 96.5. The summed E-state index contributed by atoms with van der Waals surface area (Å²) in [5, 5.41) is 27.8. The van der Waals surface area contributed by atoms with Gasteiger partial charge in [0.2, 0.25) is 37.4 Å². The number of hydrogen-bond donors (Lipinski definition) is 8. The molecule has 6 fully saturated rings. The molecule has 49 heteroatoms. The number of aromatic amines is 4. The maximum absolute atomic E-state index is 14.5. The fraction of sp³-hybridized carbons (Fsp3) is 0.657. The van der Waals surface area contributed by atoms with Crippen LogP contribution >= 0.6 is 46.4 Å². The fourth-order valence-electron chi connectivity index (χ4n) is 14.6. The summed E-state index contributed by atoms with van der Waals surface area (Å²) in [7, 11) is 0. The van der Waals surface area contributed by atoms with Gasteiger partial charge in [0, 0.05) is 67.5 Å². The predicted molar refractivity (Wildman–Crippen MR) is 399 cm³/mol. The lowest BCUT2D eigenvalue weighted by atomic mass is 9.82. The quantitative estimate of drug-likeness (QED) is 0.0383. The third-order valence-electron chi connectivity index (χ3n) is 23.4. The molecule has 0 saturated carbocycles.